The van der Waals surface area contributed by atoms with E-state index in [1.807, 2.05) is 13.8 Å². The Labute approximate surface area is 90.0 Å². The molecule has 0 saturated heterocycles. The van der Waals surface area contributed by atoms with Crippen LogP contribution in [-0.4, -0.2) is 48.8 Å². The van der Waals surface area contributed by atoms with E-state index in [1.54, 1.807) is 0 Å². The van der Waals surface area contributed by atoms with E-state index in [-0.39, 0.29) is 13.0 Å². The predicted molar refractivity (Wildman–Crippen MR) is 54.6 cm³/mol. The van der Waals surface area contributed by atoms with Crippen LogP contribution in [0.3, 0.4) is 0 Å². The van der Waals surface area contributed by atoms with Crippen molar-refractivity contribution in [3.8, 4) is 0 Å². The number of hydrogen-bond acceptors (Lipinski definition) is 6. The quantitative estimate of drug-likeness (QED) is 0.433. The molecule has 88 valence electrons. The van der Waals surface area contributed by atoms with Gasteiger partial charge in [0.25, 0.3) is 0 Å². The molecule has 0 aliphatic carbocycles. The molecule has 0 aromatic heterocycles. The summed E-state index contributed by atoms with van der Waals surface area (Å²) in [6.45, 7) is 3.45. The van der Waals surface area contributed by atoms with Gasteiger partial charge in [0.2, 0.25) is 0 Å². The molecule has 1 unspecified atom stereocenters. The van der Waals surface area contributed by atoms with Gasteiger partial charge in [0.1, 0.15) is 0 Å². The van der Waals surface area contributed by atoms with Crippen LogP contribution in [0.4, 0.5) is 0 Å². The van der Waals surface area contributed by atoms with Crippen molar-refractivity contribution < 1.29 is 23.3 Å². The average molecular weight is 237 g/mol. The molecule has 0 amide bonds. The Hall–Kier alpha value is -0.305. The first kappa shape index (κ1) is 14.7. The zero-order chi connectivity index (χ0) is 12.1. The van der Waals surface area contributed by atoms with Crippen LogP contribution < -0.4 is 0 Å². The van der Waals surface area contributed by atoms with Gasteiger partial charge >= 0.3 is 89.4 Å². The maximum atomic E-state index is 11.0. The normalized spacial score (nSPS) is 14.3. The van der Waals surface area contributed by atoms with Crippen LogP contribution in [0.1, 0.15) is 20.3 Å². The Kier molecular flexibility index (Phi) is 6.19. The summed E-state index contributed by atoms with van der Waals surface area (Å²) >= 11 is 0. The SMILES string of the molecule is CC(C)CCN(CO)C(O)S(=O)(=O)B=O. The van der Waals surface area contributed by atoms with E-state index < -0.39 is 22.0 Å². The molecular formula is C7H16BNO5S. The van der Waals surface area contributed by atoms with Crippen LogP contribution in [0.2, 0.25) is 0 Å². The van der Waals surface area contributed by atoms with Crippen molar-refractivity contribution in [2.45, 2.75) is 25.8 Å². The Bertz CT molecular complexity index is 292. The fraction of sp³-hybridized carbons (Fsp3) is 1.00. The van der Waals surface area contributed by atoms with Gasteiger partial charge in [-0.25, -0.2) is 0 Å². The molecule has 1 atom stereocenters. The summed E-state index contributed by atoms with van der Waals surface area (Å²) in [6.07, 6.45) is 0.307. The third-order valence-corrected chi connectivity index (χ3v) is 3.07. The topological polar surface area (TPSA) is 94.9 Å². The van der Waals surface area contributed by atoms with Crippen LogP contribution >= 0.6 is 0 Å². The number of aliphatic hydroxyl groups excluding tert-OH is 2. The van der Waals surface area contributed by atoms with Crippen molar-refractivity contribution in [1.82, 2.24) is 4.90 Å². The molecule has 6 nitrogen and oxygen atoms in total. The Balaban J connectivity index is 4.47. The van der Waals surface area contributed by atoms with Crippen molar-refractivity contribution in [3.63, 3.8) is 0 Å². The summed E-state index contributed by atoms with van der Waals surface area (Å²) in [5.41, 5.74) is -1.96. The zero-order valence-electron chi connectivity index (χ0n) is 8.83. The minimum absolute atomic E-state index is 0.211. The van der Waals surface area contributed by atoms with Crippen LogP contribution in [0.5, 0.6) is 0 Å². The van der Waals surface area contributed by atoms with Gasteiger partial charge in [0, 0.05) is 0 Å². The van der Waals surface area contributed by atoms with Gasteiger partial charge < -0.3 is 0 Å². The minimum atomic E-state index is -4.22. The van der Waals surface area contributed by atoms with Crippen LogP contribution in [-0.2, 0) is 14.4 Å². The van der Waals surface area contributed by atoms with Gasteiger partial charge in [-0.2, -0.15) is 0 Å². The van der Waals surface area contributed by atoms with Crippen molar-refractivity contribution in [1.29, 1.82) is 0 Å². The molecule has 0 saturated carbocycles. The molecule has 15 heavy (non-hydrogen) atoms. The third-order valence-electron chi connectivity index (χ3n) is 1.92. The number of hydrogen-bond donors (Lipinski definition) is 2. The van der Waals surface area contributed by atoms with Gasteiger partial charge in [-0.05, 0) is 0 Å². The van der Waals surface area contributed by atoms with Crippen LogP contribution in [0, 0.1) is 5.92 Å². The summed E-state index contributed by atoms with van der Waals surface area (Å²) in [5.74, 6) is 0.310. The molecular weight excluding hydrogens is 221 g/mol. The van der Waals surface area contributed by atoms with E-state index in [1.165, 1.54) is 0 Å². The molecule has 0 spiro atoms. The van der Waals surface area contributed by atoms with Crippen molar-refractivity contribution in [2.24, 2.45) is 5.92 Å². The van der Waals surface area contributed by atoms with E-state index in [4.69, 9.17) is 5.11 Å². The van der Waals surface area contributed by atoms with Crippen LogP contribution in [0.15, 0.2) is 0 Å². The number of rotatable bonds is 7. The van der Waals surface area contributed by atoms with Crippen molar-refractivity contribution in [3.05, 3.63) is 0 Å². The first-order valence-electron chi connectivity index (χ1n) is 4.57. The van der Waals surface area contributed by atoms with Gasteiger partial charge in [-0.3, -0.25) is 0 Å². The molecule has 0 rings (SSSR count). The van der Waals surface area contributed by atoms with Crippen LogP contribution in [0.25, 0.3) is 0 Å². The number of nitrogens with zero attached hydrogens (tertiary/aromatic N) is 1. The molecule has 0 aliphatic heterocycles. The molecule has 2 N–H and O–H groups in total. The Morgan fingerprint density at radius 3 is 2.27 bits per heavy atom. The van der Waals surface area contributed by atoms with Gasteiger partial charge in [0.15, 0.2) is 0 Å². The van der Waals surface area contributed by atoms with Crippen molar-refractivity contribution in [2.75, 3.05) is 13.3 Å². The summed E-state index contributed by atoms with van der Waals surface area (Å²) in [4.78, 5) is 0.920. The molecule has 0 radical (unpaired) electrons. The first-order valence-corrected chi connectivity index (χ1v) is 6.18. The molecule has 0 fully saturated rings. The second-order valence-electron chi connectivity index (χ2n) is 3.65. The maximum absolute atomic E-state index is 11.0. The van der Waals surface area contributed by atoms with E-state index in [0.29, 0.717) is 12.3 Å². The molecule has 0 aliphatic rings. The summed E-state index contributed by atoms with van der Waals surface area (Å²) in [6, 6.07) is 0. The van der Waals surface area contributed by atoms with Gasteiger partial charge in [-0.1, -0.05) is 0 Å². The first-order chi connectivity index (χ1) is 6.85. The Morgan fingerprint density at radius 2 is 1.93 bits per heavy atom. The zero-order valence-corrected chi connectivity index (χ0v) is 9.64. The van der Waals surface area contributed by atoms with E-state index in [0.717, 1.165) is 4.90 Å². The summed E-state index contributed by atoms with van der Waals surface area (Å²) in [7, 11) is -4.22. The fourth-order valence-corrected chi connectivity index (χ4v) is 1.62. The summed E-state index contributed by atoms with van der Waals surface area (Å²) < 4.78 is 32.1. The van der Waals surface area contributed by atoms with Gasteiger partial charge in [0.05, 0.1) is 0 Å². The van der Waals surface area contributed by atoms with Crippen molar-refractivity contribution >= 4 is 16.1 Å². The number of aliphatic hydroxyl groups is 2. The monoisotopic (exact) mass is 237 g/mol. The second kappa shape index (κ2) is 6.31. The van der Waals surface area contributed by atoms with E-state index >= 15 is 0 Å². The molecule has 0 heterocycles. The average Bonchev–Trinajstić information content (AvgIpc) is 2.18. The molecule has 8 heteroatoms. The molecule has 0 bridgehead atoms. The Morgan fingerprint density at radius 1 is 1.40 bits per heavy atom. The summed E-state index contributed by atoms with van der Waals surface area (Å²) in [5, 5.41) is 18.2. The predicted octanol–water partition coefficient (Wildman–Crippen LogP) is -1.06. The molecule has 0 aromatic carbocycles. The van der Waals surface area contributed by atoms with E-state index in [2.05, 4.69) is 0 Å². The fourth-order valence-electron chi connectivity index (χ4n) is 0.932. The van der Waals surface area contributed by atoms with E-state index in [9.17, 15) is 18.2 Å². The molecule has 0 aromatic rings. The second-order valence-corrected chi connectivity index (χ2v) is 5.44. The standard InChI is InChI=1S/C7H16BNO5S/c1-6(2)3-4-9(5-10)7(11)15(13,14)8-12/h6-7,10-11H,3-5H2,1-2H3. The third kappa shape index (κ3) is 4.83. The van der Waals surface area contributed by atoms with Gasteiger partial charge in [-0.15, -0.1) is 0 Å².